The number of hydrogen-bond donors (Lipinski definition) is 1. The van der Waals surface area contributed by atoms with Crippen LogP contribution in [0.15, 0.2) is 41.3 Å². The fourth-order valence-electron chi connectivity index (χ4n) is 3.36. The van der Waals surface area contributed by atoms with E-state index in [1.807, 2.05) is 6.92 Å². The lowest BCUT2D eigenvalue weighted by Gasteiger charge is -2.32. The van der Waals surface area contributed by atoms with E-state index >= 15 is 0 Å². The summed E-state index contributed by atoms with van der Waals surface area (Å²) in [4.78, 5) is 12.7. The first kappa shape index (κ1) is 21.9. The van der Waals surface area contributed by atoms with Crippen LogP contribution >= 0.6 is 23.2 Å². The van der Waals surface area contributed by atoms with Crippen LogP contribution in [0.3, 0.4) is 0 Å². The number of methoxy groups -OCH3 is 1. The normalized spacial score (nSPS) is 17.7. The molecule has 1 aliphatic heterocycles. The lowest BCUT2D eigenvalue weighted by molar-refractivity contribution is 0.102. The summed E-state index contributed by atoms with van der Waals surface area (Å²) in [6.45, 7) is 2.46. The van der Waals surface area contributed by atoms with Crippen molar-refractivity contribution in [3.05, 3.63) is 52.0 Å². The summed E-state index contributed by atoms with van der Waals surface area (Å²) in [5.74, 6) is -0.122. The van der Waals surface area contributed by atoms with Crippen LogP contribution in [0.4, 0.5) is 5.69 Å². The summed E-state index contributed by atoms with van der Waals surface area (Å²) in [6, 6.07) is 9.02. The topological polar surface area (TPSA) is 75.7 Å². The van der Waals surface area contributed by atoms with Gasteiger partial charge in [-0.3, -0.25) is 4.79 Å². The van der Waals surface area contributed by atoms with Gasteiger partial charge in [-0.1, -0.05) is 29.6 Å². The van der Waals surface area contributed by atoms with Gasteiger partial charge in [0.1, 0.15) is 0 Å². The molecule has 1 unspecified atom stereocenters. The van der Waals surface area contributed by atoms with Gasteiger partial charge in [0, 0.05) is 23.8 Å². The third-order valence-corrected chi connectivity index (χ3v) is 7.51. The van der Waals surface area contributed by atoms with Gasteiger partial charge in [-0.25, -0.2) is 8.42 Å². The van der Waals surface area contributed by atoms with Crippen LogP contribution in [0.25, 0.3) is 0 Å². The van der Waals surface area contributed by atoms with Crippen LogP contribution in [0.2, 0.25) is 10.0 Å². The minimum Gasteiger partial charge on any atom is -0.494 e. The van der Waals surface area contributed by atoms with Crippen molar-refractivity contribution in [2.75, 3.05) is 19.0 Å². The van der Waals surface area contributed by atoms with Crippen molar-refractivity contribution in [3.63, 3.8) is 0 Å². The number of hydrogen-bond acceptors (Lipinski definition) is 4. The molecule has 0 aromatic heterocycles. The fourth-order valence-corrected chi connectivity index (χ4v) is 5.70. The van der Waals surface area contributed by atoms with Gasteiger partial charge in [0.25, 0.3) is 5.91 Å². The van der Waals surface area contributed by atoms with Gasteiger partial charge in [-0.2, -0.15) is 4.31 Å². The number of carbonyl (C=O) groups excluding carboxylic acids is 1. The standard InChI is InChI=1S/C20H22Cl2N2O4S/c1-13-5-3-4-10-24(13)29(26,27)16-8-6-15(7-9-16)23-20(25)14-11-17(21)19(28-2)18(22)12-14/h6-9,11-13H,3-5,10H2,1-2H3,(H,23,25). The van der Waals surface area contributed by atoms with Crippen LogP contribution < -0.4 is 10.1 Å². The van der Waals surface area contributed by atoms with E-state index in [1.54, 1.807) is 16.4 Å². The van der Waals surface area contributed by atoms with Gasteiger partial charge >= 0.3 is 0 Å². The van der Waals surface area contributed by atoms with Gasteiger partial charge in [-0.15, -0.1) is 0 Å². The molecule has 1 aliphatic rings. The zero-order valence-corrected chi connectivity index (χ0v) is 18.4. The molecule has 0 bridgehead atoms. The van der Waals surface area contributed by atoms with Gasteiger partial charge in [0.15, 0.2) is 5.75 Å². The summed E-state index contributed by atoms with van der Waals surface area (Å²) < 4.78 is 32.4. The summed E-state index contributed by atoms with van der Waals surface area (Å²) >= 11 is 12.2. The van der Waals surface area contributed by atoms with Crippen LogP contribution in [0.5, 0.6) is 5.75 Å². The highest BCUT2D eigenvalue weighted by atomic mass is 35.5. The van der Waals surface area contributed by atoms with Gasteiger partial charge in [-0.05, 0) is 56.2 Å². The number of anilines is 1. The average molecular weight is 457 g/mol. The molecule has 1 fully saturated rings. The molecule has 1 N–H and O–H groups in total. The van der Waals surface area contributed by atoms with Gasteiger partial charge < -0.3 is 10.1 Å². The Morgan fingerprint density at radius 2 is 1.76 bits per heavy atom. The maximum Gasteiger partial charge on any atom is 0.255 e. The van der Waals surface area contributed by atoms with Gasteiger partial charge in [0.2, 0.25) is 10.0 Å². The second-order valence-corrected chi connectivity index (χ2v) is 9.62. The lowest BCUT2D eigenvalue weighted by Crippen LogP contribution is -2.41. The lowest BCUT2D eigenvalue weighted by atomic mass is 10.1. The predicted molar refractivity (Wildman–Crippen MR) is 115 cm³/mol. The number of amides is 1. The predicted octanol–water partition coefficient (Wildman–Crippen LogP) is 4.82. The van der Waals surface area contributed by atoms with E-state index in [1.165, 1.54) is 31.4 Å². The SMILES string of the molecule is COc1c(Cl)cc(C(=O)Nc2ccc(S(=O)(=O)N3CCCCC3C)cc2)cc1Cl. The molecule has 6 nitrogen and oxygen atoms in total. The number of sulfonamides is 1. The highest BCUT2D eigenvalue weighted by Crippen LogP contribution is 2.34. The van der Waals surface area contributed by atoms with Crippen LogP contribution in [0.1, 0.15) is 36.5 Å². The summed E-state index contributed by atoms with van der Waals surface area (Å²) in [6.07, 6.45) is 2.77. The Hall–Kier alpha value is -1.80. The molecule has 1 heterocycles. The first-order valence-electron chi connectivity index (χ1n) is 9.20. The van der Waals surface area contributed by atoms with E-state index in [0.29, 0.717) is 18.0 Å². The zero-order valence-electron chi connectivity index (χ0n) is 16.1. The molecule has 1 amide bonds. The monoisotopic (exact) mass is 456 g/mol. The molecule has 1 atom stereocenters. The molecule has 2 aromatic rings. The molecule has 29 heavy (non-hydrogen) atoms. The van der Waals surface area contributed by atoms with E-state index < -0.39 is 15.9 Å². The number of ether oxygens (including phenoxy) is 1. The Labute approximate surface area is 180 Å². The molecule has 156 valence electrons. The highest BCUT2D eigenvalue weighted by molar-refractivity contribution is 7.89. The first-order chi connectivity index (χ1) is 13.7. The summed E-state index contributed by atoms with van der Waals surface area (Å²) in [5, 5.41) is 3.16. The number of nitrogens with zero attached hydrogens (tertiary/aromatic N) is 1. The molecule has 9 heteroatoms. The number of piperidine rings is 1. The third-order valence-electron chi connectivity index (χ3n) is 4.93. The third kappa shape index (κ3) is 4.69. The summed E-state index contributed by atoms with van der Waals surface area (Å²) in [7, 11) is -2.12. The average Bonchev–Trinajstić information content (AvgIpc) is 2.68. The smallest absolute Gasteiger partial charge is 0.255 e. The Bertz CT molecular complexity index is 987. The van der Waals surface area contributed by atoms with E-state index in [2.05, 4.69) is 5.32 Å². The van der Waals surface area contributed by atoms with Crippen molar-refractivity contribution < 1.29 is 17.9 Å². The highest BCUT2D eigenvalue weighted by Gasteiger charge is 2.30. The van der Waals surface area contributed by atoms with E-state index in [0.717, 1.165) is 19.3 Å². The Morgan fingerprint density at radius 1 is 1.14 bits per heavy atom. The van der Waals surface area contributed by atoms with Crippen LogP contribution in [-0.2, 0) is 10.0 Å². The molecule has 0 aliphatic carbocycles. The quantitative estimate of drug-likeness (QED) is 0.699. The van der Waals surface area contributed by atoms with Crippen molar-refractivity contribution in [2.45, 2.75) is 37.1 Å². The van der Waals surface area contributed by atoms with Crippen molar-refractivity contribution in [1.29, 1.82) is 0 Å². The maximum absolute atomic E-state index is 12.9. The number of benzene rings is 2. The molecule has 0 saturated carbocycles. The summed E-state index contributed by atoms with van der Waals surface area (Å²) in [5.41, 5.74) is 0.725. The minimum atomic E-state index is -3.56. The van der Waals surface area contributed by atoms with E-state index in [-0.39, 0.29) is 26.5 Å². The molecular weight excluding hydrogens is 435 g/mol. The minimum absolute atomic E-state index is 0.0160. The molecular formula is C20H22Cl2N2O4S. The fraction of sp³-hybridized carbons (Fsp3) is 0.350. The second kappa shape index (κ2) is 8.92. The molecule has 1 saturated heterocycles. The van der Waals surface area contributed by atoms with E-state index in [9.17, 15) is 13.2 Å². The maximum atomic E-state index is 12.9. The van der Waals surface area contributed by atoms with Crippen LogP contribution in [0, 0.1) is 0 Å². The zero-order chi connectivity index (χ0) is 21.2. The first-order valence-corrected chi connectivity index (χ1v) is 11.4. The van der Waals surface area contributed by atoms with Crippen molar-refractivity contribution in [2.24, 2.45) is 0 Å². The molecule has 3 rings (SSSR count). The number of carbonyl (C=O) groups is 1. The molecule has 0 spiro atoms. The Balaban J connectivity index is 1.76. The van der Waals surface area contributed by atoms with Crippen molar-refractivity contribution in [1.82, 2.24) is 4.31 Å². The Morgan fingerprint density at radius 3 is 2.31 bits per heavy atom. The van der Waals surface area contributed by atoms with Crippen LogP contribution in [-0.4, -0.2) is 38.3 Å². The number of nitrogens with one attached hydrogen (secondary N) is 1. The largest absolute Gasteiger partial charge is 0.494 e. The molecule has 2 aromatic carbocycles. The molecule has 0 radical (unpaired) electrons. The van der Waals surface area contributed by atoms with Crippen molar-refractivity contribution >= 4 is 44.8 Å². The second-order valence-electron chi connectivity index (χ2n) is 6.91. The van der Waals surface area contributed by atoms with E-state index in [4.69, 9.17) is 27.9 Å². The van der Waals surface area contributed by atoms with Crippen molar-refractivity contribution in [3.8, 4) is 5.75 Å². The number of halogens is 2. The Kier molecular flexibility index (Phi) is 6.73. The van der Waals surface area contributed by atoms with Gasteiger partial charge in [0.05, 0.1) is 22.1 Å². The number of rotatable bonds is 5.